The molecule has 1 heterocycles. The van der Waals surface area contributed by atoms with Crippen molar-refractivity contribution in [2.45, 2.75) is 6.61 Å². The lowest BCUT2D eigenvalue weighted by atomic mass is 10.2. The van der Waals surface area contributed by atoms with Gasteiger partial charge in [-0.15, -0.1) is 0 Å². The van der Waals surface area contributed by atoms with Crippen LogP contribution in [0.2, 0.25) is 0 Å². The lowest BCUT2D eigenvalue weighted by molar-refractivity contribution is -0.384. The fourth-order valence-electron chi connectivity index (χ4n) is 2.24. The second-order valence-corrected chi connectivity index (χ2v) is 5.12. The molecule has 0 atom stereocenters. The molecule has 2 aromatic carbocycles. The molecule has 0 amide bonds. The predicted molar refractivity (Wildman–Crippen MR) is 90.3 cm³/mol. The largest absolute Gasteiger partial charge is 0.497 e. The highest BCUT2D eigenvalue weighted by Crippen LogP contribution is 2.31. The normalized spacial score (nSPS) is 10.4. The van der Waals surface area contributed by atoms with Crippen molar-refractivity contribution in [1.82, 2.24) is 10.1 Å². The lowest BCUT2D eigenvalue weighted by Gasteiger charge is -2.07. The van der Waals surface area contributed by atoms with Crippen LogP contribution in [0.15, 0.2) is 47.0 Å². The van der Waals surface area contributed by atoms with E-state index in [0.29, 0.717) is 28.6 Å². The van der Waals surface area contributed by atoms with Crippen LogP contribution in [0.25, 0.3) is 11.4 Å². The fraction of sp³-hybridized carbons (Fsp3) is 0.176. The minimum atomic E-state index is -0.492. The van der Waals surface area contributed by atoms with Gasteiger partial charge in [0.15, 0.2) is 6.61 Å². The molecule has 0 saturated carbocycles. The Labute approximate surface area is 148 Å². The zero-order valence-electron chi connectivity index (χ0n) is 14.0. The number of hydrogen-bond acceptors (Lipinski definition) is 8. The average molecular weight is 357 g/mol. The Morgan fingerprint density at radius 3 is 2.69 bits per heavy atom. The predicted octanol–water partition coefficient (Wildman–Crippen LogP) is 3.24. The van der Waals surface area contributed by atoms with Crippen LogP contribution in [0.3, 0.4) is 0 Å². The van der Waals surface area contributed by atoms with Crippen LogP contribution < -0.4 is 14.2 Å². The zero-order chi connectivity index (χ0) is 18.5. The smallest absolute Gasteiger partial charge is 0.273 e. The third-order valence-electron chi connectivity index (χ3n) is 3.51. The van der Waals surface area contributed by atoms with Crippen LogP contribution >= 0.6 is 0 Å². The highest BCUT2D eigenvalue weighted by molar-refractivity contribution is 5.65. The van der Waals surface area contributed by atoms with Crippen LogP contribution in [0.1, 0.15) is 5.89 Å². The first-order valence-corrected chi connectivity index (χ1v) is 7.53. The van der Waals surface area contributed by atoms with Crippen molar-refractivity contribution in [3.05, 3.63) is 58.5 Å². The molecule has 134 valence electrons. The van der Waals surface area contributed by atoms with Gasteiger partial charge in [-0.25, -0.2) is 0 Å². The van der Waals surface area contributed by atoms with E-state index in [-0.39, 0.29) is 18.2 Å². The van der Waals surface area contributed by atoms with Crippen molar-refractivity contribution in [1.29, 1.82) is 0 Å². The fourth-order valence-corrected chi connectivity index (χ4v) is 2.24. The molecule has 9 heteroatoms. The summed E-state index contributed by atoms with van der Waals surface area (Å²) in [4.78, 5) is 14.5. The van der Waals surface area contributed by atoms with Crippen molar-refractivity contribution in [3.63, 3.8) is 0 Å². The highest BCUT2D eigenvalue weighted by atomic mass is 16.6. The molecule has 0 aliphatic heterocycles. The number of nitro groups is 1. The number of hydrogen-bond donors (Lipinski definition) is 0. The SMILES string of the molecule is COc1ccc(-c2noc(COc3cccc([N+](=O)[O-])c3)n2)c(OC)c1. The molecular weight excluding hydrogens is 342 g/mol. The van der Waals surface area contributed by atoms with E-state index in [2.05, 4.69) is 10.1 Å². The summed E-state index contributed by atoms with van der Waals surface area (Å²) in [6.07, 6.45) is 0. The van der Waals surface area contributed by atoms with Gasteiger partial charge in [0.2, 0.25) is 5.82 Å². The number of rotatable bonds is 7. The number of nitrogens with zero attached hydrogens (tertiary/aromatic N) is 3. The van der Waals surface area contributed by atoms with Crippen molar-refractivity contribution < 1.29 is 23.7 Å². The molecule has 26 heavy (non-hydrogen) atoms. The maximum absolute atomic E-state index is 10.8. The summed E-state index contributed by atoms with van der Waals surface area (Å²) in [7, 11) is 3.09. The van der Waals surface area contributed by atoms with E-state index in [9.17, 15) is 10.1 Å². The number of ether oxygens (including phenoxy) is 3. The summed E-state index contributed by atoms with van der Waals surface area (Å²) in [5, 5.41) is 14.7. The van der Waals surface area contributed by atoms with Crippen LogP contribution in [0, 0.1) is 10.1 Å². The minimum Gasteiger partial charge on any atom is -0.497 e. The van der Waals surface area contributed by atoms with Gasteiger partial charge in [0.1, 0.15) is 17.2 Å². The number of nitro benzene ring substituents is 1. The summed E-state index contributed by atoms with van der Waals surface area (Å²) in [5.74, 6) is 2.08. The molecule has 1 aromatic heterocycles. The third kappa shape index (κ3) is 3.72. The Kier molecular flexibility index (Phi) is 4.97. The first-order chi connectivity index (χ1) is 12.6. The molecule has 0 saturated heterocycles. The summed E-state index contributed by atoms with van der Waals surface area (Å²) >= 11 is 0. The molecular formula is C17H15N3O6. The summed E-state index contributed by atoms with van der Waals surface area (Å²) in [6, 6.07) is 11.1. The Morgan fingerprint density at radius 2 is 1.96 bits per heavy atom. The maximum atomic E-state index is 10.8. The van der Waals surface area contributed by atoms with Crippen LogP contribution in [-0.2, 0) is 6.61 Å². The Morgan fingerprint density at radius 1 is 1.12 bits per heavy atom. The monoisotopic (exact) mass is 357 g/mol. The molecule has 0 bridgehead atoms. The topological polar surface area (TPSA) is 110 Å². The van der Waals surface area contributed by atoms with Crippen LogP contribution in [0.5, 0.6) is 17.2 Å². The first kappa shape index (κ1) is 17.2. The van der Waals surface area contributed by atoms with Crippen LogP contribution in [-0.4, -0.2) is 29.3 Å². The Hall–Kier alpha value is -3.62. The van der Waals surface area contributed by atoms with Gasteiger partial charge < -0.3 is 18.7 Å². The molecule has 0 N–H and O–H groups in total. The molecule has 0 radical (unpaired) electrons. The molecule has 0 aliphatic rings. The van der Waals surface area contributed by atoms with Gasteiger partial charge >= 0.3 is 0 Å². The van der Waals surface area contributed by atoms with Crippen molar-refractivity contribution in [3.8, 4) is 28.6 Å². The number of benzene rings is 2. The summed E-state index contributed by atoms with van der Waals surface area (Å²) in [6.45, 7) is -0.0212. The number of methoxy groups -OCH3 is 2. The average Bonchev–Trinajstić information content (AvgIpc) is 3.14. The quantitative estimate of drug-likeness (QED) is 0.468. The van der Waals surface area contributed by atoms with Gasteiger partial charge in [0.25, 0.3) is 11.6 Å². The van der Waals surface area contributed by atoms with Gasteiger partial charge in [0.05, 0.1) is 30.8 Å². The molecule has 0 aliphatic carbocycles. The number of non-ortho nitro benzene ring substituents is 1. The van der Waals surface area contributed by atoms with E-state index in [1.807, 2.05) is 0 Å². The summed E-state index contributed by atoms with van der Waals surface area (Å²) in [5.41, 5.74) is 0.579. The van der Waals surface area contributed by atoms with E-state index < -0.39 is 4.92 Å². The van der Waals surface area contributed by atoms with Crippen molar-refractivity contribution in [2.24, 2.45) is 0 Å². The molecule has 0 unspecified atom stereocenters. The third-order valence-corrected chi connectivity index (χ3v) is 3.51. The van der Waals surface area contributed by atoms with E-state index in [1.54, 1.807) is 31.4 Å². The van der Waals surface area contributed by atoms with Gasteiger partial charge in [-0.05, 0) is 18.2 Å². The van der Waals surface area contributed by atoms with Gasteiger partial charge in [-0.2, -0.15) is 4.98 Å². The number of aromatic nitrogens is 2. The molecule has 0 fully saturated rings. The van der Waals surface area contributed by atoms with Gasteiger partial charge in [0, 0.05) is 12.1 Å². The highest BCUT2D eigenvalue weighted by Gasteiger charge is 2.15. The zero-order valence-corrected chi connectivity index (χ0v) is 14.0. The van der Waals surface area contributed by atoms with Gasteiger partial charge in [-0.3, -0.25) is 10.1 Å². The second kappa shape index (κ2) is 7.51. The Balaban J connectivity index is 1.74. The van der Waals surface area contributed by atoms with E-state index in [0.717, 1.165) is 0 Å². The minimum absolute atomic E-state index is 0.0212. The standard InChI is InChI=1S/C17H15N3O6/c1-23-12-6-7-14(15(9-12)24-2)17-18-16(26-19-17)10-25-13-5-3-4-11(8-13)20(21)22/h3-9H,10H2,1-2H3. The van der Waals surface area contributed by atoms with Gasteiger partial charge in [-0.1, -0.05) is 11.2 Å². The first-order valence-electron chi connectivity index (χ1n) is 7.53. The van der Waals surface area contributed by atoms with Crippen molar-refractivity contribution >= 4 is 5.69 Å². The van der Waals surface area contributed by atoms with E-state index in [4.69, 9.17) is 18.7 Å². The summed E-state index contributed by atoms with van der Waals surface area (Å²) < 4.78 is 21.1. The van der Waals surface area contributed by atoms with Crippen molar-refractivity contribution in [2.75, 3.05) is 14.2 Å². The lowest BCUT2D eigenvalue weighted by Crippen LogP contribution is -1.97. The van der Waals surface area contributed by atoms with Crippen LogP contribution in [0.4, 0.5) is 5.69 Å². The molecule has 3 aromatic rings. The molecule has 3 rings (SSSR count). The molecule has 9 nitrogen and oxygen atoms in total. The molecule has 0 spiro atoms. The second-order valence-electron chi connectivity index (χ2n) is 5.12. The maximum Gasteiger partial charge on any atom is 0.273 e. The van der Waals surface area contributed by atoms with E-state index in [1.165, 1.54) is 25.3 Å². The van der Waals surface area contributed by atoms with E-state index >= 15 is 0 Å². The Bertz CT molecular complexity index is 924.